The molecule has 0 saturated heterocycles. The highest BCUT2D eigenvalue weighted by Gasteiger charge is 2.30. The van der Waals surface area contributed by atoms with Crippen molar-refractivity contribution in [3.63, 3.8) is 0 Å². The van der Waals surface area contributed by atoms with Gasteiger partial charge in [-0.2, -0.15) is 0 Å². The van der Waals surface area contributed by atoms with Crippen LogP contribution in [0.2, 0.25) is 0 Å². The first kappa shape index (κ1) is 18.8. The van der Waals surface area contributed by atoms with E-state index in [1.165, 1.54) is 12.8 Å². The van der Waals surface area contributed by atoms with E-state index in [2.05, 4.69) is 48.1 Å². The maximum Gasteiger partial charge on any atom is 0.228 e. The van der Waals surface area contributed by atoms with Gasteiger partial charge in [0.2, 0.25) is 5.91 Å². The van der Waals surface area contributed by atoms with E-state index in [1.54, 1.807) is 12.4 Å². The second-order valence-electron chi connectivity index (χ2n) is 8.49. The molecule has 2 N–H and O–H groups in total. The minimum absolute atomic E-state index is 0.0351. The van der Waals surface area contributed by atoms with Crippen molar-refractivity contribution in [2.24, 2.45) is 5.92 Å². The number of amides is 1. The highest BCUT2D eigenvalue weighted by molar-refractivity contribution is 5.99. The van der Waals surface area contributed by atoms with Gasteiger partial charge in [0.05, 0.1) is 22.9 Å². The van der Waals surface area contributed by atoms with Gasteiger partial charge in [-0.05, 0) is 49.9 Å². The van der Waals surface area contributed by atoms with Crippen LogP contribution in [0, 0.1) is 17.8 Å². The number of nitrogens with zero attached hydrogens (tertiary/aromatic N) is 4. The minimum Gasteiger partial charge on any atom is -0.373 e. The summed E-state index contributed by atoms with van der Waals surface area (Å²) in [6.45, 7) is 0. The minimum atomic E-state index is 0.0351. The van der Waals surface area contributed by atoms with Crippen molar-refractivity contribution < 1.29 is 4.79 Å². The molecule has 2 aliphatic rings. The Labute approximate surface area is 185 Å². The zero-order valence-corrected chi connectivity index (χ0v) is 17.7. The van der Waals surface area contributed by atoms with E-state index in [9.17, 15) is 4.79 Å². The molecule has 32 heavy (non-hydrogen) atoms. The summed E-state index contributed by atoms with van der Waals surface area (Å²) in [5.74, 6) is 8.00. The summed E-state index contributed by atoms with van der Waals surface area (Å²) in [7, 11) is 1.83. The van der Waals surface area contributed by atoms with Gasteiger partial charge in [-0.3, -0.25) is 4.79 Å². The predicted octanol–water partition coefficient (Wildman–Crippen LogP) is 4.10. The molecule has 2 fully saturated rings. The van der Waals surface area contributed by atoms with Crippen LogP contribution in [-0.2, 0) is 4.79 Å². The molecule has 2 saturated carbocycles. The summed E-state index contributed by atoms with van der Waals surface area (Å²) in [6, 6.07) is 8.58. The quantitative estimate of drug-likeness (QED) is 0.484. The summed E-state index contributed by atoms with van der Waals surface area (Å²) < 4.78 is 2.25. The van der Waals surface area contributed by atoms with Crippen LogP contribution >= 0.6 is 0 Å². The molecule has 0 unspecified atom stereocenters. The predicted molar refractivity (Wildman–Crippen MR) is 124 cm³/mol. The molecule has 3 aromatic heterocycles. The number of fused-ring (bicyclic) bond motifs is 2. The summed E-state index contributed by atoms with van der Waals surface area (Å²) in [5, 5.41) is 7.80. The number of nitrogens with one attached hydrogen (secondary N) is 2. The topological polar surface area (TPSA) is 84.7 Å². The highest BCUT2D eigenvalue weighted by Crippen LogP contribution is 2.37. The molecule has 158 valence electrons. The Bertz CT molecular complexity index is 1440. The lowest BCUT2D eigenvalue weighted by molar-refractivity contribution is -0.117. The first-order valence-electron chi connectivity index (χ1n) is 11.0. The Hall–Kier alpha value is -3.92. The van der Waals surface area contributed by atoms with E-state index in [1.807, 2.05) is 31.6 Å². The van der Waals surface area contributed by atoms with E-state index in [-0.39, 0.29) is 11.8 Å². The van der Waals surface area contributed by atoms with Gasteiger partial charge in [0, 0.05) is 47.7 Å². The summed E-state index contributed by atoms with van der Waals surface area (Å²) in [5.41, 5.74) is 3.85. The first-order valence-corrected chi connectivity index (χ1v) is 11.0. The lowest BCUT2D eigenvalue weighted by Crippen LogP contribution is -2.14. The van der Waals surface area contributed by atoms with Crippen LogP contribution in [0.15, 0.2) is 43.0 Å². The Morgan fingerprint density at radius 3 is 2.69 bits per heavy atom. The number of imidazole rings is 1. The molecule has 0 aliphatic heterocycles. The third-order valence-corrected chi connectivity index (χ3v) is 6.06. The van der Waals surface area contributed by atoms with Crippen molar-refractivity contribution >= 4 is 39.3 Å². The van der Waals surface area contributed by atoms with Crippen molar-refractivity contribution in [3.8, 4) is 11.8 Å². The van der Waals surface area contributed by atoms with Crippen LogP contribution in [0.1, 0.15) is 42.9 Å². The largest absolute Gasteiger partial charge is 0.373 e. The molecule has 2 aliphatic carbocycles. The fourth-order valence-electron chi connectivity index (χ4n) is 3.96. The van der Waals surface area contributed by atoms with Crippen LogP contribution in [-0.4, -0.2) is 32.5 Å². The van der Waals surface area contributed by atoms with Crippen LogP contribution in [0.3, 0.4) is 0 Å². The summed E-state index contributed by atoms with van der Waals surface area (Å²) >= 11 is 0. The maximum atomic E-state index is 12.2. The number of hydrogen-bond acceptors (Lipinski definition) is 5. The fraction of sp³-hybridized carbons (Fsp3) is 0.280. The number of anilines is 2. The van der Waals surface area contributed by atoms with E-state index in [4.69, 9.17) is 0 Å². The Kier molecular flexibility index (Phi) is 4.32. The lowest BCUT2D eigenvalue weighted by Gasteiger charge is -2.09. The Morgan fingerprint density at radius 2 is 1.91 bits per heavy atom. The fourth-order valence-corrected chi connectivity index (χ4v) is 3.96. The SMILES string of the molecule is CNc1ncc(C#Cc2ccc3ncn(C4CC4)c3c2)c2cc(NC(=O)C3CC3)ncc12. The van der Waals surface area contributed by atoms with Crippen molar-refractivity contribution in [3.05, 3.63) is 54.1 Å². The van der Waals surface area contributed by atoms with Gasteiger partial charge < -0.3 is 15.2 Å². The van der Waals surface area contributed by atoms with Crippen molar-refractivity contribution in [2.45, 2.75) is 31.7 Å². The van der Waals surface area contributed by atoms with E-state index >= 15 is 0 Å². The van der Waals surface area contributed by atoms with Crippen LogP contribution in [0.25, 0.3) is 21.8 Å². The molecule has 1 aromatic carbocycles. The molecule has 7 heteroatoms. The zero-order valence-electron chi connectivity index (χ0n) is 17.7. The molecule has 1 amide bonds. The molecule has 0 spiro atoms. The molecular weight excluding hydrogens is 400 g/mol. The number of rotatable bonds is 4. The third kappa shape index (κ3) is 3.44. The normalized spacial score (nSPS) is 15.4. The molecule has 0 bridgehead atoms. The first-order chi connectivity index (χ1) is 15.7. The lowest BCUT2D eigenvalue weighted by atomic mass is 10.1. The number of carbonyl (C=O) groups excluding carboxylic acids is 1. The van der Waals surface area contributed by atoms with Gasteiger partial charge in [-0.1, -0.05) is 11.8 Å². The molecule has 0 atom stereocenters. The van der Waals surface area contributed by atoms with Gasteiger partial charge >= 0.3 is 0 Å². The molecule has 6 rings (SSSR count). The van der Waals surface area contributed by atoms with E-state index < -0.39 is 0 Å². The second-order valence-corrected chi connectivity index (χ2v) is 8.49. The van der Waals surface area contributed by atoms with Crippen molar-refractivity contribution in [1.82, 2.24) is 19.5 Å². The Balaban J connectivity index is 1.39. The number of carbonyl (C=O) groups is 1. The van der Waals surface area contributed by atoms with Gasteiger partial charge in [-0.15, -0.1) is 0 Å². The number of pyridine rings is 2. The molecule has 0 radical (unpaired) electrons. The summed E-state index contributed by atoms with van der Waals surface area (Å²) in [4.78, 5) is 25.6. The van der Waals surface area contributed by atoms with Crippen LogP contribution in [0.5, 0.6) is 0 Å². The monoisotopic (exact) mass is 422 g/mol. The molecule has 3 heterocycles. The van der Waals surface area contributed by atoms with Gasteiger partial charge in [-0.25, -0.2) is 15.0 Å². The number of hydrogen-bond donors (Lipinski definition) is 2. The smallest absolute Gasteiger partial charge is 0.228 e. The van der Waals surface area contributed by atoms with Crippen LogP contribution < -0.4 is 10.6 Å². The maximum absolute atomic E-state index is 12.2. The zero-order chi connectivity index (χ0) is 21.7. The highest BCUT2D eigenvalue weighted by atomic mass is 16.2. The van der Waals surface area contributed by atoms with Crippen LogP contribution in [0.4, 0.5) is 11.6 Å². The average molecular weight is 422 g/mol. The molecule has 7 nitrogen and oxygen atoms in total. The second kappa shape index (κ2) is 7.34. The van der Waals surface area contributed by atoms with E-state index in [0.29, 0.717) is 11.9 Å². The third-order valence-electron chi connectivity index (χ3n) is 6.06. The van der Waals surface area contributed by atoms with Gasteiger partial charge in [0.25, 0.3) is 0 Å². The van der Waals surface area contributed by atoms with Gasteiger partial charge in [0.15, 0.2) is 0 Å². The van der Waals surface area contributed by atoms with Crippen molar-refractivity contribution in [1.29, 1.82) is 0 Å². The summed E-state index contributed by atoms with van der Waals surface area (Å²) in [6.07, 6.45) is 9.76. The Morgan fingerprint density at radius 1 is 1.03 bits per heavy atom. The molecule has 4 aromatic rings. The van der Waals surface area contributed by atoms with Crippen molar-refractivity contribution in [2.75, 3.05) is 17.7 Å². The van der Waals surface area contributed by atoms with Gasteiger partial charge in [0.1, 0.15) is 11.6 Å². The molecular formula is C25H22N6O. The van der Waals surface area contributed by atoms with E-state index in [0.717, 1.165) is 51.6 Å². The number of aromatic nitrogens is 4. The standard InChI is InChI=1S/C25H22N6O/c1-26-24-20-13-27-23(30-25(32)16-5-6-16)11-19(20)17(12-28-24)4-2-15-3-9-21-22(10-15)31(14-29-21)18-7-8-18/h3,9-14,16,18H,5-8H2,1H3,(H,26,28)(H,27,30,32). The number of benzene rings is 1. The average Bonchev–Trinajstić information content (AvgIpc) is 3.74.